The Morgan fingerprint density at radius 1 is 0.377 bits per heavy atom. The molecule has 0 N–H and O–H groups in total. The van der Waals surface area contributed by atoms with Crippen LogP contribution in [-0.2, 0) is 0 Å². The zero-order valence-electron chi connectivity index (χ0n) is 28.5. The number of anilines is 3. The lowest BCUT2D eigenvalue weighted by atomic mass is 10.00. The van der Waals surface area contributed by atoms with E-state index in [9.17, 15) is 0 Å². The average molecular weight is 673 g/mol. The number of fused-ring (bicyclic) bond motifs is 16. The smallest absolute Gasteiger partial charge is 0.146 e. The standard InChI is InChI=1S/C49H28N4/c1-3-16-31(17-4-1)51(32-18-5-2-6-19-32)41-25-13-23-36-44-34-21-10-7-14-29(34)26-37-38-28-42-45(50-49(38)53(46(36)41)47(37)44)39-27-30-15-8-9-20-33(30)43-35-22-11-12-24-40(35)52(42)48(39)43/h1-28H. The van der Waals surface area contributed by atoms with Gasteiger partial charge in [0.05, 0.1) is 38.8 Å². The average Bonchev–Trinajstić information content (AvgIpc) is 3.94. The second-order valence-corrected chi connectivity index (χ2v) is 14.3. The van der Waals surface area contributed by atoms with Crippen LogP contribution in [0.2, 0.25) is 0 Å². The fraction of sp³-hybridized carbons (Fsp3) is 0. The summed E-state index contributed by atoms with van der Waals surface area (Å²) in [4.78, 5) is 8.17. The molecule has 0 aliphatic carbocycles. The number of hydrogen-bond donors (Lipinski definition) is 0. The second kappa shape index (κ2) is 9.78. The molecule has 0 aliphatic heterocycles. The Morgan fingerprint density at radius 3 is 1.66 bits per heavy atom. The van der Waals surface area contributed by atoms with E-state index in [2.05, 4.69) is 184 Å². The first-order valence-electron chi connectivity index (χ1n) is 18.2. The van der Waals surface area contributed by atoms with Gasteiger partial charge in [0, 0.05) is 49.1 Å². The summed E-state index contributed by atoms with van der Waals surface area (Å²) in [6, 6.07) is 61.9. The van der Waals surface area contributed by atoms with Gasteiger partial charge in [-0.25, -0.2) is 4.98 Å². The first-order chi connectivity index (χ1) is 26.3. The number of hydrogen-bond acceptors (Lipinski definition) is 2. The van der Waals surface area contributed by atoms with Crippen molar-refractivity contribution < 1.29 is 0 Å². The molecule has 8 aromatic carbocycles. The normalized spacial score (nSPS) is 12.5. The predicted molar refractivity (Wildman–Crippen MR) is 223 cm³/mol. The summed E-state index contributed by atoms with van der Waals surface area (Å²) in [6.45, 7) is 0. The van der Waals surface area contributed by atoms with Gasteiger partial charge in [-0.05, 0) is 76.1 Å². The number of benzene rings is 8. The minimum Gasteiger partial charge on any atom is -0.308 e. The third-order valence-corrected chi connectivity index (χ3v) is 11.7. The Kier molecular flexibility index (Phi) is 5.08. The highest BCUT2D eigenvalue weighted by Crippen LogP contribution is 2.49. The van der Waals surface area contributed by atoms with Crippen molar-refractivity contribution in [2.75, 3.05) is 4.90 Å². The van der Waals surface area contributed by atoms with Crippen LogP contribution in [0.3, 0.4) is 0 Å². The summed E-state index contributed by atoms with van der Waals surface area (Å²) in [6.07, 6.45) is 0. The number of para-hydroxylation sites is 4. The van der Waals surface area contributed by atoms with Crippen molar-refractivity contribution in [3.05, 3.63) is 170 Å². The molecule has 0 amide bonds. The number of rotatable bonds is 3. The van der Waals surface area contributed by atoms with Crippen molar-refractivity contribution in [3.8, 4) is 0 Å². The van der Waals surface area contributed by atoms with Gasteiger partial charge < -0.3 is 9.30 Å². The van der Waals surface area contributed by atoms with Crippen LogP contribution in [0.25, 0.3) is 98.0 Å². The van der Waals surface area contributed by atoms with Crippen LogP contribution in [0.1, 0.15) is 0 Å². The molecular weight excluding hydrogens is 645 g/mol. The molecule has 244 valence electrons. The molecule has 13 rings (SSSR count). The van der Waals surface area contributed by atoms with Crippen LogP contribution >= 0.6 is 0 Å². The van der Waals surface area contributed by atoms with E-state index in [1.807, 2.05) is 0 Å². The molecule has 5 heterocycles. The van der Waals surface area contributed by atoms with Crippen LogP contribution in [0, 0.1) is 0 Å². The third-order valence-electron chi connectivity index (χ3n) is 11.7. The van der Waals surface area contributed by atoms with Crippen LogP contribution in [0.4, 0.5) is 17.1 Å². The molecule has 0 bridgehead atoms. The van der Waals surface area contributed by atoms with E-state index in [0.717, 1.165) is 39.3 Å². The van der Waals surface area contributed by atoms with E-state index in [-0.39, 0.29) is 0 Å². The maximum Gasteiger partial charge on any atom is 0.146 e. The lowest BCUT2D eigenvalue weighted by molar-refractivity contribution is 1.25. The zero-order chi connectivity index (χ0) is 34.4. The van der Waals surface area contributed by atoms with Gasteiger partial charge in [0.1, 0.15) is 5.65 Å². The molecule has 0 saturated heterocycles. The highest BCUT2D eigenvalue weighted by molar-refractivity contribution is 6.35. The van der Waals surface area contributed by atoms with Crippen LogP contribution in [0.15, 0.2) is 170 Å². The fourth-order valence-electron chi connectivity index (χ4n) is 9.60. The first-order valence-corrected chi connectivity index (χ1v) is 18.2. The van der Waals surface area contributed by atoms with Crippen molar-refractivity contribution in [2.45, 2.75) is 0 Å². The Balaban J connectivity index is 1.27. The molecule has 13 aromatic rings. The zero-order valence-corrected chi connectivity index (χ0v) is 28.5. The molecule has 4 heteroatoms. The van der Waals surface area contributed by atoms with E-state index in [1.165, 1.54) is 75.8 Å². The molecule has 0 spiro atoms. The minimum absolute atomic E-state index is 0.985. The summed E-state index contributed by atoms with van der Waals surface area (Å²) in [5.74, 6) is 0. The molecule has 0 radical (unpaired) electrons. The largest absolute Gasteiger partial charge is 0.308 e. The summed E-state index contributed by atoms with van der Waals surface area (Å²) in [7, 11) is 0. The van der Waals surface area contributed by atoms with Crippen molar-refractivity contribution in [1.29, 1.82) is 0 Å². The van der Waals surface area contributed by atoms with Gasteiger partial charge in [0.25, 0.3) is 0 Å². The van der Waals surface area contributed by atoms with E-state index in [0.29, 0.717) is 0 Å². The molecule has 5 aromatic heterocycles. The predicted octanol–water partition coefficient (Wildman–Crippen LogP) is 13.2. The molecule has 0 aliphatic rings. The topological polar surface area (TPSA) is 25.0 Å². The van der Waals surface area contributed by atoms with E-state index in [1.54, 1.807) is 0 Å². The van der Waals surface area contributed by atoms with Gasteiger partial charge in [-0.3, -0.25) is 4.40 Å². The first kappa shape index (κ1) is 27.5. The van der Waals surface area contributed by atoms with Crippen molar-refractivity contribution in [1.82, 2.24) is 13.8 Å². The minimum atomic E-state index is 0.985. The van der Waals surface area contributed by atoms with Crippen LogP contribution in [0.5, 0.6) is 0 Å². The summed E-state index contributed by atoms with van der Waals surface area (Å²) in [5.41, 5.74) is 11.3. The van der Waals surface area contributed by atoms with Crippen LogP contribution in [-0.4, -0.2) is 13.8 Å². The van der Waals surface area contributed by atoms with E-state index in [4.69, 9.17) is 4.98 Å². The van der Waals surface area contributed by atoms with Gasteiger partial charge in [-0.1, -0.05) is 115 Å². The van der Waals surface area contributed by atoms with Gasteiger partial charge in [0.15, 0.2) is 0 Å². The molecule has 4 nitrogen and oxygen atoms in total. The Hall–Kier alpha value is -7.17. The quantitative estimate of drug-likeness (QED) is 0.187. The SMILES string of the molecule is c1ccc(N(c2ccccc2)c2cccc3c4c5ccccc5cc5c6cc7c(nc6n(c23)c54)c2cc3ccccc3c3c4ccccc4n7c23)cc1. The lowest BCUT2D eigenvalue weighted by Crippen LogP contribution is -2.10. The van der Waals surface area contributed by atoms with Gasteiger partial charge in [0.2, 0.25) is 0 Å². The van der Waals surface area contributed by atoms with Crippen molar-refractivity contribution >= 4 is 115 Å². The van der Waals surface area contributed by atoms with E-state index < -0.39 is 0 Å². The second-order valence-electron chi connectivity index (χ2n) is 14.3. The molecular formula is C49H28N4. The maximum atomic E-state index is 5.78. The van der Waals surface area contributed by atoms with Crippen LogP contribution < -0.4 is 4.90 Å². The Labute approximate surface area is 302 Å². The highest BCUT2D eigenvalue weighted by atomic mass is 15.2. The molecule has 53 heavy (non-hydrogen) atoms. The fourth-order valence-corrected chi connectivity index (χ4v) is 9.60. The number of nitrogens with zero attached hydrogens (tertiary/aromatic N) is 4. The molecule has 0 saturated carbocycles. The third kappa shape index (κ3) is 3.39. The van der Waals surface area contributed by atoms with Gasteiger partial charge in [-0.2, -0.15) is 0 Å². The highest BCUT2D eigenvalue weighted by Gasteiger charge is 2.27. The number of aromatic nitrogens is 3. The number of pyridine rings is 1. The maximum absolute atomic E-state index is 5.78. The van der Waals surface area contributed by atoms with E-state index >= 15 is 0 Å². The Bertz CT molecular complexity index is 3580. The summed E-state index contributed by atoms with van der Waals surface area (Å²) < 4.78 is 4.94. The Morgan fingerprint density at radius 2 is 0.943 bits per heavy atom. The lowest BCUT2D eigenvalue weighted by Gasteiger charge is -2.26. The summed E-state index contributed by atoms with van der Waals surface area (Å²) in [5, 5.41) is 13.7. The monoisotopic (exact) mass is 672 g/mol. The van der Waals surface area contributed by atoms with Gasteiger partial charge in [-0.15, -0.1) is 0 Å². The van der Waals surface area contributed by atoms with Crippen molar-refractivity contribution in [2.24, 2.45) is 0 Å². The molecule has 0 unspecified atom stereocenters. The van der Waals surface area contributed by atoms with Crippen molar-refractivity contribution in [3.63, 3.8) is 0 Å². The van der Waals surface area contributed by atoms with Gasteiger partial charge >= 0.3 is 0 Å². The molecule has 0 atom stereocenters. The summed E-state index contributed by atoms with van der Waals surface area (Å²) >= 11 is 0. The molecule has 0 fully saturated rings.